The molecule has 3 nitrogen and oxygen atoms in total. The lowest BCUT2D eigenvalue weighted by molar-refractivity contribution is -0.139. The van der Waals surface area contributed by atoms with Crippen LogP contribution in [0.2, 0.25) is 0 Å². The van der Waals surface area contributed by atoms with Crippen molar-refractivity contribution in [1.29, 1.82) is 0 Å². The second kappa shape index (κ2) is 4.78. The van der Waals surface area contributed by atoms with Gasteiger partial charge in [-0.1, -0.05) is 6.92 Å². The van der Waals surface area contributed by atoms with Crippen molar-refractivity contribution in [1.82, 2.24) is 0 Å². The van der Waals surface area contributed by atoms with Gasteiger partial charge in [-0.25, -0.2) is 8.78 Å². The second-order valence-corrected chi connectivity index (χ2v) is 4.07. The van der Waals surface area contributed by atoms with Crippen LogP contribution in [0.3, 0.4) is 0 Å². The molecule has 0 aliphatic rings. The van der Waals surface area contributed by atoms with Crippen molar-refractivity contribution in [3.63, 3.8) is 0 Å². The highest BCUT2D eigenvalue weighted by Gasteiger charge is 2.28. The summed E-state index contributed by atoms with van der Waals surface area (Å²) in [6, 6.07) is 0.753. The molecule has 6 heteroatoms. The summed E-state index contributed by atoms with van der Waals surface area (Å²) >= 11 is 2.83. The van der Waals surface area contributed by atoms with E-state index in [1.807, 2.05) is 0 Å². The quantitative estimate of drug-likeness (QED) is 0.843. The molecule has 0 aromatic heterocycles. The number of aromatic hydroxyl groups is 1. The summed E-state index contributed by atoms with van der Waals surface area (Å²) < 4.78 is 26.4. The number of hydrogen-bond donors (Lipinski definition) is 2. The first kappa shape index (κ1) is 12.9. The van der Waals surface area contributed by atoms with Crippen LogP contribution >= 0.6 is 15.9 Å². The maximum Gasteiger partial charge on any atom is 0.311 e. The molecule has 1 unspecified atom stereocenters. The highest BCUT2D eigenvalue weighted by Crippen LogP contribution is 2.37. The Bertz CT molecular complexity index is 408. The van der Waals surface area contributed by atoms with Crippen molar-refractivity contribution in [2.24, 2.45) is 0 Å². The summed E-state index contributed by atoms with van der Waals surface area (Å²) in [5.74, 6) is -5.68. The Labute approximate surface area is 98.8 Å². The van der Waals surface area contributed by atoms with Crippen LogP contribution in [0.15, 0.2) is 10.5 Å². The first-order valence-electron chi connectivity index (χ1n) is 4.49. The summed E-state index contributed by atoms with van der Waals surface area (Å²) in [7, 11) is 0. The molecule has 2 N–H and O–H groups in total. The van der Waals surface area contributed by atoms with Gasteiger partial charge in [0.15, 0.2) is 11.6 Å². The molecule has 88 valence electrons. The van der Waals surface area contributed by atoms with E-state index in [9.17, 15) is 18.7 Å². The number of carbonyl (C=O) groups is 1. The maximum absolute atomic E-state index is 13.4. The minimum absolute atomic E-state index is 0.0513. The summed E-state index contributed by atoms with van der Waals surface area (Å²) in [6.07, 6.45) is 0.0513. The normalized spacial score (nSPS) is 12.5. The molecule has 1 atom stereocenters. The number of hydrogen-bond acceptors (Lipinski definition) is 2. The van der Waals surface area contributed by atoms with E-state index in [2.05, 4.69) is 15.9 Å². The van der Waals surface area contributed by atoms with Gasteiger partial charge in [0.2, 0.25) is 0 Å². The molecule has 0 radical (unpaired) electrons. The predicted octanol–water partition coefficient (Wildman–Crippen LogP) is 3.01. The topological polar surface area (TPSA) is 57.5 Å². The third kappa shape index (κ3) is 2.16. The molecule has 0 saturated heterocycles. The van der Waals surface area contributed by atoms with Crippen LogP contribution in [0.4, 0.5) is 8.78 Å². The molecule has 1 aromatic carbocycles. The predicted molar refractivity (Wildman–Crippen MR) is 56.4 cm³/mol. The van der Waals surface area contributed by atoms with E-state index >= 15 is 0 Å². The number of benzene rings is 1. The minimum Gasteiger partial charge on any atom is -0.506 e. The molecule has 1 rings (SSSR count). The highest BCUT2D eigenvalue weighted by molar-refractivity contribution is 9.10. The van der Waals surface area contributed by atoms with Crippen LogP contribution in [-0.4, -0.2) is 16.2 Å². The minimum atomic E-state index is -1.32. The molecule has 0 saturated carbocycles. The third-order valence-electron chi connectivity index (χ3n) is 2.24. The monoisotopic (exact) mass is 294 g/mol. The van der Waals surface area contributed by atoms with Crippen molar-refractivity contribution < 1.29 is 23.8 Å². The molecule has 0 heterocycles. The fraction of sp³-hybridized carbons (Fsp3) is 0.300. The van der Waals surface area contributed by atoms with Crippen LogP contribution in [0.5, 0.6) is 5.75 Å². The molecule has 0 aliphatic heterocycles. The lowest BCUT2D eigenvalue weighted by atomic mass is 9.95. The molecule has 1 aromatic rings. The number of phenolic OH excluding ortho intramolecular Hbond substituents is 1. The van der Waals surface area contributed by atoms with Gasteiger partial charge in [-0.15, -0.1) is 0 Å². The third-order valence-corrected chi connectivity index (χ3v) is 2.84. The Kier molecular flexibility index (Phi) is 3.85. The van der Waals surface area contributed by atoms with Crippen molar-refractivity contribution in [2.75, 3.05) is 0 Å². The zero-order chi connectivity index (χ0) is 12.5. The number of carboxylic acids is 1. The van der Waals surface area contributed by atoms with E-state index in [1.54, 1.807) is 0 Å². The standard InChI is InChI=1S/C10H9BrF2O3/c1-2-4(10(15)16)7-8(13)6(12)3-5(11)9(7)14/h3-4,14H,2H2,1H3,(H,15,16). The largest absolute Gasteiger partial charge is 0.506 e. The molecule has 0 fully saturated rings. The van der Waals surface area contributed by atoms with Crippen LogP contribution in [-0.2, 0) is 4.79 Å². The zero-order valence-electron chi connectivity index (χ0n) is 8.30. The van der Waals surface area contributed by atoms with Crippen LogP contribution in [0, 0.1) is 11.6 Å². The Morgan fingerprint density at radius 2 is 2.12 bits per heavy atom. The highest BCUT2D eigenvalue weighted by atomic mass is 79.9. The summed E-state index contributed by atoms with van der Waals surface area (Å²) in [5, 5.41) is 18.4. The summed E-state index contributed by atoms with van der Waals surface area (Å²) in [6.45, 7) is 1.51. The molecule has 0 aliphatic carbocycles. The van der Waals surface area contributed by atoms with Gasteiger partial charge in [-0.3, -0.25) is 4.79 Å². The number of rotatable bonds is 3. The average Bonchev–Trinajstić information content (AvgIpc) is 2.21. The SMILES string of the molecule is CCC(C(=O)O)c1c(O)c(Br)cc(F)c1F. The van der Waals surface area contributed by atoms with Gasteiger partial charge in [-0.2, -0.15) is 0 Å². The van der Waals surface area contributed by atoms with Crippen molar-refractivity contribution >= 4 is 21.9 Å². The fourth-order valence-corrected chi connectivity index (χ4v) is 1.84. The zero-order valence-corrected chi connectivity index (χ0v) is 9.88. The van der Waals surface area contributed by atoms with Gasteiger partial charge in [0, 0.05) is 5.56 Å². The Hall–Kier alpha value is -1.17. The first-order valence-corrected chi connectivity index (χ1v) is 5.28. The van der Waals surface area contributed by atoms with Crippen molar-refractivity contribution in [3.8, 4) is 5.75 Å². The maximum atomic E-state index is 13.4. The van der Waals surface area contributed by atoms with E-state index in [-0.39, 0.29) is 10.9 Å². The van der Waals surface area contributed by atoms with Gasteiger partial charge in [0.25, 0.3) is 0 Å². The number of carboxylic acid groups (broad SMARTS) is 1. The first-order chi connectivity index (χ1) is 7.40. The summed E-state index contributed by atoms with van der Waals surface area (Å²) in [5.41, 5.74) is -0.526. The molecule has 0 amide bonds. The van der Waals surface area contributed by atoms with Crippen molar-refractivity contribution in [2.45, 2.75) is 19.3 Å². The lowest BCUT2D eigenvalue weighted by Crippen LogP contribution is -2.13. The number of aliphatic carboxylic acids is 1. The molecular weight excluding hydrogens is 286 g/mol. The molecule has 0 bridgehead atoms. The van der Waals surface area contributed by atoms with E-state index in [0.717, 1.165) is 6.07 Å². The molecule has 16 heavy (non-hydrogen) atoms. The van der Waals surface area contributed by atoms with E-state index in [1.165, 1.54) is 6.92 Å². The molecular formula is C10H9BrF2O3. The summed E-state index contributed by atoms with van der Waals surface area (Å²) in [4.78, 5) is 10.8. The van der Waals surface area contributed by atoms with E-state index in [4.69, 9.17) is 5.11 Å². The number of halogens is 3. The average molecular weight is 295 g/mol. The van der Waals surface area contributed by atoms with Crippen molar-refractivity contribution in [3.05, 3.63) is 27.7 Å². The van der Waals surface area contributed by atoms with Gasteiger partial charge in [0.05, 0.1) is 10.4 Å². The second-order valence-electron chi connectivity index (χ2n) is 3.22. The van der Waals surface area contributed by atoms with Gasteiger partial charge < -0.3 is 10.2 Å². The van der Waals surface area contributed by atoms with Crippen LogP contribution < -0.4 is 0 Å². The Morgan fingerprint density at radius 3 is 2.56 bits per heavy atom. The van der Waals surface area contributed by atoms with Gasteiger partial charge >= 0.3 is 5.97 Å². The number of phenols is 1. The van der Waals surface area contributed by atoms with Crippen LogP contribution in [0.25, 0.3) is 0 Å². The fourth-order valence-electron chi connectivity index (χ4n) is 1.42. The van der Waals surface area contributed by atoms with E-state index < -0.39 is 34.8 Å². The lowest BCUT2D eigenvalue weighted by Gasteiger charge is -2.14. The Balaban J connectivity index is 3.47. The smallest absolute Gasteiger partial charge is 0.311 e. The van der Waals surface area contributed by atoms with Crippen LogP contribution in [0.1, 0.15) is 24.8 Å². The molecule has 0 spiro atoms. The Morgan fingerprint density at radius 1 is 1.56 bits per heavy atom. The van der Waals surface area contributed by atoms with E-state index in [0.29, 0.717) is 0 Å². The van der Waals surface area contributed by atoms with Gasteiger partial charge in [0.1, 0.15) is 5.75 Å². The van der Waals surface area contributed by atoms with Gasteiger partial charge in [-0.05, 0) is 28.4 Å².